The minimum absolute atomic E-state index is 0.0466. The van der Waals surface area contributed by atoms with Gasteiger partial charge in [0.25, 0.3) is 0 Å². The monoisotopic (exact) mass is 325 g/mol. The third-order valence-electron chi connectivity index (χ3n) is 5.43. The predicted octanol–water partition coefficient (Wildman–Crippen LogP) is 2.35. The van der Waals surface area contributed by atoms with Crippen LogP contribution < -0.4 is 10.6 Å². The fourth-order valence-electron chi connectivity index (χ4n) is 3.97. The average Bonchev–Trinajstić information content (AvgIpc) is 3.19. The summed E-state index contributed by atoms with van der Waals surface area (Å²) in [6, 6.07) is 0.382. The Balaban J connectivity index is 1.66. The third-order valence-corrected chi connectivity index (χ3v) is 5.43. The Bertz CT molecular complexity index is 358. The maximum atomic E-state index is 12.2. The SMILES string of the molecule is CC[C@H](C[C@@H](C)CO)NC(=O)N[C@H]1CCN(CC2CCCC2)C1. The second kappa shape index (κ2) is 9.48. The second-order valence-corrected chi connectivity index (χ2v) is 7.64. The first kappa shape index (κ1) is 18.5. The van der Waals surface area contributed by atoms with Crippen LogP contribution in [0.1, 0.15) is 58.8 Å². The minimum atomic E-state index is -0.0466. The molecule has 0 aromatic heterocycles. The van der Waals surface area contributed by atoms with Crippen LogP contribution in [0, 0.1) is 11.8 Å². The molecular weight excluding hydrogens is 290 g/mol. The summed E-state index contributed by atoms with van der Waals surface area (Å²) in [5.41, 5.74) is 0. The second-order valence-electron chi connectivity index (χ2n) is 7.64. The van der Waals surface area contributed by atoms with Crippen molar-refractivity contribution in [3.8, 4) is 0 Å². The van der Waals surface area contributed by atoms with Gasteiger partial charge in [-0.2, -0.15) is 0 Å². The number of aliphatic hydroxyl groups is 1. The van der Waals surface area contributed by atoms with Crippen LogP contribution >= 0.6 is 0 Å². The molecule has 5 heteroatoms. The van der Waals surface area contributed by atoms with E-state index >= 15 is 0 Å². The van der Waals surface area contributed by atoms with Crippen molar-refractivity contribution in [3.63, 3.8) is 0 Å². The summed E-state index contributed by atoms with van der Waals surface area (Å²) in [7, 11) is 0. The number of nitrogens with zero attached hydrogens (tertiary/aromatic N) is 1. The Morgan fingerprint density at radius 1 is 1.30 bits per heavy atom. The van der Waals surface area contributed by atoms with Crippen LogP contribution in [0.3, 0.4) is 0 Å². The van der Waals surface area contributed by atoms with Crippen molar-refractivity contribution in [2.45, 2.75) is 70.9 Å². The maximum absolute atomic E-state index is 12.2. The van der Waals surface area contributed by atoms with Gasteiger partial charge in [0.1, 0.15) is 0 Å². The number of rotatable bonds is 8. The highest BCUT2D eigenvalue weighted by Gasteiger charge is 2.27. The number of urea groups is 1. The van der Waals surface area contributed by atoms with Crippen LogP contribution in [0.25, 0.3) is 0 Å². The van der Waals surface area contributed by atoms with Crippen molar-refractivity contribution in [1.82, 2.24) is 15.5 Å². The van der Waals surface area contributed by atoms with E-state index in [4.69, 9.17) is 5.11 Å². The van der Waals surface area contributed by atoms with Gasteiger partial charge in [-0.15, -0.1) is 0 Å². The van der Waals surface area contributed by atoms with Crippen LogP contribution in [0.15, 0.2) is 0 Å². The van der Waals surface area contributed by atoms with Gasteiger partial charge in [-0.25, -0.2) is 4.79 Å². The van der Waals surface area contributed by atoms with E-state index in [0.29, 0.717) is 0 Å². The molecule has 3 atom stereocenters. The molecule has 2 fully saturated rings. The largest absolute Gasteiger partial charge is 0.396 e. The summed E-state index contributed by atoms with van der Waals surface area (Å²) in [5.74, 6) is 1.11. The molecule has 1 saturated carbocycles. The summed E-state index contributed by atoms with van der Waals surface area (Å²) < 4.78 is 0. The molecule has 0 aromatic carbocycles. The molecule has 0 unspecified atom stereocenters. The smallest absolute Gasteiger partial charge is 0.315 e. The van der Waals surface area contributed by atoms with E-state index in [-0.39, 0.29) is 30.6 Å². The van der Waals surface area contributed by atoms with Gasteiger partial charge in [0, 0.05) is 38.3 Å². The van der Waals surface area contributed by atoms with Crippen LogP contribution in [0.5, 0.6) is 0 Å². The highest BCUT2D eigenvalue weighted by atomic mass is 16.3. The van der Waals surface area contributed by atoms with E-state index < -0.39 is 0 Å². The molecule has 1 saturated heterocycles. The van der Waals surface area contributed by atoms with Gasteiger partial charge in [-0.3, -0.25) is 0 Å². The lowest BCUT2D eigenvalue weighted by molar-refractivity contribution is 0.208. The molecule has 134 valence electrons. The molecule has 0 spiro atoms. The molecular formula is C18H35N3O2. The number of hydrogen-bond donors (Lipinski definition) is 3. The number of likely N-dealkylation sites (tertiary alicyclic amines) is 1. The zero-order chi connectivity index (χ0) is 16.7. The average molecular weight is 325 g/mol. The molecule has 5 nitrogen and oxygen atoms in total. The van der Waals surface area contributed by atoms with Gasteiger partial charge in [-0.1, -0.05) is 26.7 Å². The standard InChI is InChI=1S/C18H35N3O2/c1-3-16(10-14(2)13-22)19-18(23)20-17-8-9-21(12-17)11-15-6-4-5-7-15/h14-17,22H,3-13H2,1-2H3,(H2,19,20,23)/t14-,16-,17+/m1/s1. The zero-order valence-electron chi connectivity index (χ0n) is 14.9. The van der Waals surface area contributed by atoms with Crippen LogP contribution in [-0.4, -0.2) is 54.4 Å². The Hall–Kier alpha value is -0.810. The highest BCUT2D eigenvalue weighted by molar-refractivity contribution is 5.74. The normalized spacial score (nSPS) is 25.4. The molecule has 1 heterocycles. The lowest BCUT2D eigenvalue weighted by Gasteiger charge is -2.23. The molecule has 2 rings (SSSR count). The molecule has 0 radical (unpaired) electrons. The number of amides is 2. The molecule has 23 heavy (non-hydrogen) atoms. The Labute approximate surface area is 141 Å². The van der Waals surface area contributed by atoms with Crippen molar-refractivity contribution in [1.29, 1.82) is 0 Å². The minimum Gasteiger partial charge on any atom is -0.396 e. The Morgan fingerprint density at radius 3 is 2.70 bits per heavy atom. The van der Waals surface area contributed by atoms with Gasteiger partial charge in [0.15, 0.2) is 0 Å². The fraction of sp³-hybridized carbons (Fsp3) is 0.944. The summed E-state index contributed by atoms with van der Waals surface area (Å²) in [6.07, 6.45) is 8.35. The molecule has 1 aliphatic carbocycles. The first-order valence-corrected chi connectivity index (χ1v) is 9.51. The number of carbonyl (C=O) groups excluding carboxylic acids is 1. The number of carbonyl (C=O) groups is 1. The van der Waals surface area contributed by atoms with Gasteiger partial charge in [0.2, 0.25) is 0 Å². The van der Waals surface area contributed by atoms with Crippen molar-refractivity contribution in [2.24, 2.45) is 11.8 Å². The van der Waals surface area contributed by atoms with Gasteiger partial charge in [0.05, 0.1) is 0 Å². The van der Waals surface area contributed by atoms with Gasteiger partial charge < -0.3 is 20.6 Å². The maximum Gasteiger partial charge on any atom is 0.315 e. The van der Waals surface area contributed by atoms with Gasteiger partial charge in [-0.05, 0) is 43.9 Å². The first-order chi connectivity index (χ1) is 11.1. The Kier molecular flexibility index (Phi) is 7.63. The summed E-state index contributed by atoms with van der Waals surface area (Å²) in [5, 5.41) is 15.4. The molecule has 2 amide bonds. The summed E-state index contributed by atoms with van der Waals surface area (Å²) >= 11 is 0. The summed E-state index contributed by atoms with van der Waals surface area (Å²) in [4.78, 5) is 14.7. The molecule has 3 N–H and O–H groups in total. The first-order valence-electron chi connectivity index (χ1n) is 9.51. The molecule has 2 aliphatic rings. The van der Waals surface area contributed by atoms with Crippen molar-refractivity contribution in [3.05, 3.63) is 0 Å². The molecule has 0 aromatic rings. The van der Waals surface area contributed by atoms with Gasteiger partial charge >= 0.3 is 6.03 Å². The van der Waals surface area contributed by atoms with E-state index in [0.717, 1.165) is 38.3 Å². The topological polar surface area (TPSA) is 64.6 Å². The zero-order valence-corrected chi connectivity index (χ0v) is 14.9. The quantitative estimate of drug-likeness (QED) is 0.642. The van der Waals surface area contributed by atoms with Crippen molar-refractivity contribution in [2.75, 3.05) is 26.2 Å². The number of nitrogens with one attached hydrogen (secondary N) is 2. The van der Waals surface area contributed by atoms with Crippen molar-refractivity contribution >= 4 is 6.03 Å². The lowest BCUT2D eigenvalue weighted by atomic mass is 10.0. The van der Waals surface area contributed by atoms with Crippen LogP contribution in [-0.2, 0) is 0 Å². The lowest BCUT2D eigenvalue weighted by Crippen LogP contribution is -2.47. The highest BCUT2D eigenvalue weighted by Crippen LogP contribution is 2.26. The summed E-state index contributed by atoms with van der Waals surface area (Å²) in [6.45, 7) is 7.59. The Morgan fingerprint density at radius 2 is 2.04 bits per heavy atom. The van der Waals surface area contributed by atoms with E-state index in [2.05, 4.69) is 22.5 Å². The van der Waals surface area contributed by atoms with E-state index in [1.54, 1.807) is 0 Å². The van der Waals surface area contributed by atoms with Crippen LogP contribution in [0.2, 0.25) is 0 Å². The fourth-order valence-corrected chi connectivity index (χ4v) is 3.97. The molecule has 0 bridgehead atoms. The van der Waals surface area contributed by atoms with E-state index in [1.807, 2.05) is 6.92 Å². The van der Waals surface area contributed by atoms with Crippen molar-refractivity contribution < 1.29 is 9.90 Å². The molecule has 1 aliphatic heterocycles. The van der Waals surface area contributed by atoms with Crippen LogP contribution in [0.4, 0.5) is 4.79 Å². The number of aliphatic hydroxyl groups excluding tert-OH is 1. The van der Waals surface area contributed by atoms with E-state index in [9.17, 15) is 4.79 Å². The third kappa shape index (κ3) is 6.30. The van der Waals surface area contributed by atoms with E-state index in [1.165, 1.54) is 32.2 Å². The number of hydrogen-bond acceptors (Lipinski definition) is 3. The predicted molar refractivity (Wildman–Crippen MR) is 93.4 cm³/mol.